The molecular formula is C33H38F3N3O7. The van der Waals surface area contributed by atoms with Gasteiger partial charge in [-0.15, -0.1) is 0 Å². The fourth-order valence-electron chi connectivity index (χ4n) is 4.24. The zero-order chi connectivity index (χ0) is 34.2. The van der Waals surface area contributed by atoms with Gasteiger partial charge in [0.25, 0.3) is 5.56 Å². The highest BCUT2D eigenvalue weighted by Gasteiger charge is 2.45. The second-order valence-electron chi connectivity index (χ2n) is 12.2. The van der Waals surface area contributed by atoms with E-state index in [1.54, 1.807) is 75.4 Å². The van der Waals surface area contributed by atoms with Gasteiger partial charge in [-0.05, 0) is 68.0 Å². The molecule has 3 N–H and O–H groups in total. The van der Waals surface area contributed by atoms with Crippen molar-refractivity contribution in [3.63, 3.8) is 0 Å². The number of rotatable bonds is 11. The van der Waals surface area contributed by atoms with E-state index in [1.807, 2.05) is 0 Å². The normalized spacial score (nSPS) is 13.1. The number of nitrogens with one attached hydrogen (secondary N) is 2. The number of esters is 1. The van der Waals surface area contributed by atoms with Gasteiger partial charge in [-0.3, -0.25) is 19.7 Å². The SMILES string of the molecule is CC(C)C(NC(=O)Cn1cc(Cc2ccc(OC(=O)C(C)(C)C)cc2)cc(NC(=O)OCc2ccccc2)c1=O)C(O)C(F)(F)F. The van der Waals surface area contributed by atoms with E-state index in [2.05, 4.69) is 10.6 Å². The molecule has 0 saturated heterocycles. The molecule has 0 fully saturated rings. The Morgan fingerprint density at radius 3 is 2.13 bits per heavy atom. The van der Waals surface area contributed by atoms with E-state index in [0.29, 0.717) is 16.9 Å². The van der Waals surface area contributed by atoms with E-state index in [0.717, 1.165) is 10.1 Å². The molecule has 2 atom stereocenters. The fraction of sp³-hybridized carbons (Fsp3) is 0.394. The summed E-state index contributed by atoms with van der Waals surface area (Å²) in [5, 5.41) is 14.3. The number of carbonyl (C=O) groups is 3. The van der Waals surface area contributed by atoms with Gasteiger partial charge in [0.15, 0.2) is 6.10 Å². The van der Waals surface area contributed by atoms with Crippen molar-refractivity contribution in [1.82, 2.24) is 9.88 Å². The van der Waals surface area contributed by atoms with E-state index in [-0.39, 0.29) is 18.7 Å². The van der Waals surface area contributed by atoms with Crippen LogP contribution in [-0.2, 0) is 33.9 Å². The van der Waals surface area contributed by atoms with Gasteiger partial charge in [0.2, 0.25) is 5.91 Å². The van der Waals surface area contributed by atoms with Crippen molar-refractivity contribution in [3.05, 3.63) is 93.9 Å². The highest BCUT2D eigenvalue weighted by Crippen LogP contribution is 2.26. The maximum atomic E-state index is 13.3. The molecular weight excluding hydrogens is 607 g/mol. The van der Waals surface area contributed by atoms with Crippen molar-refractivity contribution in [2.24, 2.45) is 11.3 Å². The number of nitrogens with zero attached hydrogens (tertiary/aromatic N) is 1. The molecule has 0 radical (unpaired) electrons. The van der Waals surface area contributed by atoms with Crippen LogP contribution in [0.25, 0.3) is 0 Å². The third-order valence-electron chi connectivity index (χ3n) is 6.78. The summed E-state index contributed by atoms with van der Waals surface area (Å²) in [7, 11) is 0. The molecule has 248 valence electrons. The van der Waals surface area contributed by atoms with Gasteiger partial charge in [0.1, 0.15) is 24.6 Å². The first-order valence-corrected chi connectivity index (χ1v) is 14.5. The summed E-state index contributed by atoms with van der Waals surface area (Å²) in [6.45, 7) is 7.22. The maximum Gasteiger partial charge on any atom is 0.416 e. The topological polar surface area (TPSA) is 136 Å². The molecule has 0 saturated carbocycles. The van der Waals surface area contributed by atoms with Crippen LogP contribution < -0.4 is 20.9 Å². The van der Waals surface area contributed by atoms with Crippen molar-refractivity contribution < 1.29 is 42.1 Å². The largest absolute Gasteiger partial charge is 0.444 e. The van der Waals surface area contributed by atoms with Gasteiger partial charge < -0.3 is 24.5 Å². The Balaban J connectivity index is 1.86. The number of aliphatic hydroxyl groups excluding tert-OH is 1. The molecule has 2 aromatic carbocycles. The Morgan fingerprint density at radius 2 is 1.57 bits per heavy atom. The van der Waals surface area contributed by atoms with Crippen LogP contribution in [0.5, 0.6) is 5.75 Å². The lowest BCUT2D eigenvalue weighted by atomic mass is 9.97. The smallest absolute Gasteiger partial charge is 0.416 e. The van der Waals surface area contributed by atoms with Gasteiger partial charge in [-0.2, -0.15) is 13.2 Å². The van der Waals surface area contributed by atoms with Crippen LogP contribution in [-0.4, -0.2) is 46.0 Å². The summed E-state index contributed by atoms with van der Waals surface area (Å²) in [5.41, 5.74) is 0.145. The van der Waals surface area contributed by atoms with Crippen molar-refractivity contribution in [1.29, 1.82) is 0 Å². The number of anilines is 1. The average Bonchev–Trinajstić information content (AvgIpc) is 2.97. The standard InChI is InChI=1S/C33H38F3N3O7/c1-20(2)27(28(41)33(34,35)36)38-26(40)18-39-17-23(15-21-11-13-24(14-12-21)46-30(43)32(3,4)5)16-25(29(39)42)37-31(44)45-19-22-9-7-6-8-10-22/h6-14,16-17,20,27-28,41H,15,18-19H2,1-5H3,(H,37,44)(H,38,40). The van der Waals surface area contributed by atoms with E-state index in [9.17, 15) is 37.5 Å². The van der Waals surface area contributed by atoms with Crippen LogP contribution in [0, 0.1) is 11.3 Å². The second-order valence-corrected chi connectivity index (χ2v) is 12.2. The Labute approximate surface area is 264 Å². The predicted octanol–water partition coefficient (Wildman–Crippen LogP) is 5.20. The number of benzene rings is 2. The van der Waals surface area contributed by atoms with Gasteiger partial charge in [-0.25, -0.2) is 4.79 Å². The monoisotopic (exact) mass is 645 g/mol. The van der Waals surface area contributed by atoms with E-state index in [4.69, 9.17) is 9.47 Å². The van der Waals surface area contributed by atoms with E-state index >= 15 is 0 Å². The third-order valence-corrected chi connectivity index (χ3v) is 6.78. The van der Waals surface area contributed by atoms with Crippen molar-refractivity contribution in [2.75, 3.05) is 5.32 Å². The predicted molar refractivity (Wildman–Crippen MR) is 164 cm³/mol. The number of pyridine rings is 1. The molecule has 13 heteroatoms. The number of hydrogen-bond donors (Lipinski definition) is 3. The number of aromatic nitrogens is 1. The molecule has 10 nitrogen and oxygen atoms in total. The lowest BCUT2D eigenvalue weighted by Gasteiger charge is -2.29. The van der Waals surface area contributed by atoms with E-state index in [1.165, 1.54) is 26.1 Å². The zero-order valence-electron chi connectivity index (χ0n) is 26.2. The maximum absolute atomic E-state index is 13.3. The number of carbonyl (C=O) groups excluding carboxylic acids is 3. The third kappa shape index (κ3) is 10.5. The minimum absolute atomic E-state index is 0.0762. The van der Waals surface area contributed by atoms with Crippen LogP contribution in [0.15, 0.2) is 71.7 Å². The number of hydrogen-bond acceptors (Lipinski definition) is 7. The first-order valence-electron chi connectivity index (χ1n) is 14.5. The number of ether oxygens (including phenoxy) is 2. The van der Waals surface area contributed by atoms with Crippen LogP contribution in [0.1, 0.15) is 51.3 Å². The Morgan fingerprint density at radius 1 is 0.935 bits per heavy atom. The van der Waals surface area contributed by atoms with Crippen molar-refractivity contribution in [2.45, 2.75) is 72.5 Å². The molecule has 0 bridgehead atoms. The fourth-order valence-corrected chi connectivity index (χ4v) is 4.24. The van der Waals surface area contributed by atoms with E-state index < -0.39 is 59.7 Å². The number of aliphatic hydroxyl groups is 1. The highest BCUT2D eigenvalue weighted by molar-refractivity contribution is 5.84. The Kier molecular flexibility index (Phi) is 11.8. The average molecular weight is 646 g/mol. The lowest BCUT2D eigenvalue weighted by Crippen LogP contribution is -2.53. The van der Waals surface area contributed by atoms with Crippen LogP contribution in [0.3, 0.4) is 0 Å². The summed E-state index contributed by atoms with van der Waals surface area (Å²) in [4.78, 5) is 51.0. The molecule has 1 heterocycles. The molecule has 46 heavy (non-hydrogen) atoms. The minimum atomic E-state index is -4.98. The molecule has 3 aromatic rings. The first kappa shape index (κ1) is 35.8. The molecule has 1 aromatic heterocycles. The lowest BCUT2D eigenvalue weighted by molar-refractivity contribution is -0.215. The molecule has 2 amide bonds. The quantitative estimate of drug-likeness (QED) is 0.193. The van der Waals surface area contributed by atoms with Crippen LogP contribution >= 0.6 is 0 Å². The number of alkyl halides is 3. The molecule has 3 rings (SSSR count). The summed E-state index contributed by atoms with van der Waals surface area (Å²) < 4.78 is 51.2. The highest BCUT2D eigenvalue weighted by atomic mass is 19.4. The van der Waals surface area contributed by atoms with Gasteiger partial charge in [0, 0.05) is 6.20 Å². The molecule has 0 aliphatic carbocycles. The summed E-state index contributed by atoms with van der Waals surface area (Å²) >= 11 is 0. The molecule has 0 aliphatic rings. The van der Waals surface area contributed by atoms with Gasteiger partial charge >= 0.3 is 18.2 Å². The zero-order valence-corrected chi connectivity index (χ0v) is 26.2. The van der Waals surface area contributed by atoms with Crippen molar-refractivity contribution >= 4 is 23.7 Å². The van der Waals surface area contributed by atoms with Crippen molar-refractivity contribution in [3.8, 4) is 5.75 Å². The summed E-state index contributed by atoms with van der Waals surface area (Å²) in [6, 6.07) is 15.1. The molecule has 0 spiro atoms. The molecule has 2 unspecified atom stereocenters. The van der Waals surface area contributed by atoms with Gasteiger partial charge in [-0.1, -0.05) is 56.3 Å². The Hall–Kier alpha value is -4.65. The van der Waals surface area contributed by atoms with Crippen LogP contribution in [0.2, 0.25) is 0 Å². The summed E-state index contributed by atoms with van der Waals surface area (Å²) in [5.74, 6) is -1.83. The number of amides is 2. The van der Waals surface area contributed by atoms with Crippen LogP contribution in [0.4, 0.5) is 23.7 Å². The summed E-state index contributed by atoms with van der Waals surface area (Å²) in [6.07, 6.45) is -7.18. The van der Waals surface area contributed by atoms with Gasteiger partial charge in [0.05, 0.1) is 11.5 Å². The molecule has 0 aliphatic heterocycles. The first-order chi connectivity index (χ1) is 21.4. The minimum Gasteiger partial charge on any atom is -0.444 e. The number of halogens is 3. The second kappa shape index (κ2) is 15.1. The Bertz CT molecular complexity index is 1560.